The Labute approximate surface area is 181 Å². The maximum absolute atomic E-state index is 14.9. The van der Waals surface area contributed by atoms with Crippen molar-refractivity contribution in [3.63, 3.8) is 0 Å². The normalized spacial score (nSPS) is 16.0. The molecule has 1 fully saturated rings. The zero-order valence-electron chi connectivity index (χ0n) is 17.8. The number of carbonyl (C=O) groups excluding carboxylic acids is 1. The summed E-state index contributed by atoms with van der Waals surface area (Å²) in [6.45, 7) is 7.68. The van der Waals surface area contributed by atoms with Gasteiger partial charge in [-0.3, -0.25) is 4.90 Å². The van der Waals surface area contributed by atoms with Crippen molar-refractivity contribution in [2.75, 3.05) is 38.2 Å². The number of aliphatic imine (C=N–C) groups is 1. The molecule has 0 amide bonds. The maximum atomic E-state index is 14.9. The van der Waals surface area contributed by atoms with Gasteiger partial charge in [-0.05, 0) is 30.7 Å². The Hall–Kier alpha value is -3.23. The quantitative estimate of drug-likeness (QED) is 0.331. The number of benzene rings is 2. The van der Waals surface area contributed by atoms with Gasteiger partial charge in [0.05, 0.1) is 12.8 Å². The Morgan fingerprint density at radius 1 is 1.16 bits per heavy atom. The predicted octanol–water partition coefficient (Wildman–Crippen LogP) is 3.03. The third-order valence-corrected chi connectivity index (χ3v) is 5.16. The molecule has 8 heteroatoms. The lowest BCUT2D eigenvalue weighted by Crippen LogP contribution is -2.49. The van der Waals surface area contributed by atoms with Gasteiger partial charge < -0.3 is 14.5 Å². The second kappa shape index (κ2) is 10.2. The lowest BCUT2D eigenvalue weighted by atomic mass is 10.0. The molecule has 0 bridgehead atoms. The second-order valence-electron chi connectivity index (χ2n) is 7.30. The van der Waals surface area contributed by atoms with E-state index in [0.717, 1.165) is 5.56 Å². The first-order chi connectivity index (χ1) is 14.9. The van der Waals surface area contributed by atoms with Crippen LogP contribution in [0, 0.1) is 5.82 Å². The van der Waals surface area contributed by atoms with Crippen molar-refractivity contribution in [3.8, 4) is 0 Å². The van der Waals surface area contributed by atoms with Crippen molar-refractivity contribution in [2.45, 2.75) is 13.0 Å². The summed E-state index contributed by atoms with van der Waals surface area (Å²) in [5.74, 6) is 4.66. The molecule has 0 aliphatic carbocycles. The maximum Gasteiger partial charge on any atom is 0.327 e. The van der Waals surface area contributed by atoms with E-state index in [4.69, 9.17) is 15.5 Å². The van der Waals surface area contributed by atoms with Gasteiger partial charge in [0.1, 0.15) is 11.9 Å². The lowest BCUT2D eigenvalue weighted by molar-refractivity contribution is -0.147. The highest BCUT2D eigenvalue weighted by molar-refractivity contribution is 5.95. The highest BCUT2D eigenvalue weighted by Gasteiger charge is 2.31. The van der Waals surface area contributed by atoms with E-state index in [0.29, 0.717) is 43.1 Å². The van der Waals surface area contributed by atoms with Crippen LogP contribution in [0.15, 0.2) is 65.8 Å². The molecule has 31 heavy (non-hydrogen) atoms. The van der Waals surface area contributed by atoms with Gasteiger partial charge >= 0.3 is 5.97 Å². The van der Waals surface area contributed by atoms with Crippen LogP contribution < -0.4 is 10.8 Å². The molecule has 1 aliphatic rings. The summed E-state index contributed by atoms with van der Waals surface area (Å²) in [5.41, 5.74) is 2.29. The van der Waals surface area contributed by atoms with Gasteiger partial charge in [0.25, 0.3) is 0 Å². The molecule has 1 unspecified atom stereocenters. The Morgan fingerprint density at radius 2 is 1.84 bits per heavy atom. The summed E-state index contributed by atoms with van der Waals surface area (Å²) in [5, 5.41) is 0. The molecular formula is C23H27FN4O3. The first-order valence-electron chi connectivity index (χ1n) is 9.97. The summed E-state index contributed by atoms with van der Waals surface area (Å²) in [7, 11) is 1.39. The first kappa shape index (κ1) is 22.5. The van der Waals surface area contributed by atoms with Crippen LogP contribution in [-0.2, 0) is 14.4 Å². The Morgan fingerprint density at radius 3 is 2.39 bits per heavy atom. The summed E-state index contributed by atoms with van der Waals surface area (Å²) in [4.78, 5) is 25.3. The zero-order chi connectivity index (χ0) is 22.4. The van der Waals surface area contributed by atoms with Gasteiger partial charge in [-0.1, -0.05) is 36.9 Å². The molecule has 1 atom stereocenters. The minimum absolute atomic E-state index is 0.103. The van der Waals surface area contributed by atoms with E-state index >= 15 is 0 Å². The minimum Gasteiger partial charge on any atom is -0.468 e. The average Bonchev–Trinajstić information content (AvgIpc) is 2.78. The van der Waals surface area contributed by atoms with Crippen LogP contribution in [-0.4, -0.2) is 50.1 Å². The van der Waals surface area contributed by atoms with Gasteiger partial charge in [0.15, 0.2) is 0 Å². The molecule has 1 heterocycles. The largest absolute Gasteiger partial charge is 0.468 e. The van der Waals surface area contributed by atoms with E-state index in [1.807, 2.05) is 35.2 Å². The zero-order valence-corrected chi connectivity index (χ0v) is 17.8. The highest BCUT2D eigenvalue weighted by Crippen LogP contribution is 2.27. The number of piperazine rings is 1. The number of anilines is 1. The molecule has 0 aromatic heterocycles. The van der Waals surface area contributed by atoms with Crippen molar-refractivity contribution < 1.29 is 18.8 Å². The van der Waals surface area contributed by atoms with Crippen molar-refractivity contribution in [1.29, 1.82) is 0 Å². The van der Waals surface area contributed by atoms with Gasteiger partial charge in [-0.2, -0.15) is 5.90 Å². The number of hydrogen-bond acceptors (Lipinski definition) is 7. The number of methoxy groups -OCH3 is 1. The van der Waals surface area contributed by atoms with Crippen molar-refractivity contribution in [2.24, 2.45) is 10.9 Å². The van der Waals surface area contributed by atoms with Crippen LogP contribution in [0.5, 0.6) is 0 Å². The Kier molecular flexibility index (Phi) is 7.38. The monoisotopic (exact) mass is 426 g/mol. The van der Waals surface area contributed by atoms with E-state index in [1.54, 1.807) is 19.1 Å². The average molecular weight is 426 g/mol. The van der Waals surface area contributed by atoms with E-state index < -0.39 is 11.9 Å². The molecule has 3 rings (SSSR count). The standard InChI is InChI=1S/C23H27FN4O3/c1-16(2)26-22(31-25)18-9-10-20(19(24)15-18)27-11-13-28(14-12-27)21(23(29)30-3)17-7-5-4-6-8-17/h4-10,15,21H,1,11-14,25H2,2-3H3. The first-order valence-corrected chi connectivity index (χ1v) is 9.97. The highest BCUT2D eigenvalue weighted by atomic mass is 19.1. The van der Waals surface area contributed by atoms with Gasteiger partial charge in [-0.15, -0.1) is 0 Å². The van der Waals surface area contributed by atoms with Gasteiger partial charge in [-0.25, -0.2) is 14.2 Å². The smallest absolute Gasteiger partial charge is 0.327 e. The number of nitrogens with zero attached hydrogens (tertiary/aromatic N) is 3. The summed E-state index contributed by atoms with van der Waals surface area (Å²) >= 11 is 0. The molecule has 7 nitrogen and oxygen atoms in total. The van der Waals surface area contributed by atoms with E-state index in [9.17, 15) is 9.18 Å². The van der Waals surface area contributed by atoms with Crippen LogP contribution in [0.25, 0.3) is 0 Å². The minimum atomic E-state index is -0.483. The summed E-state index contributed by atoms with van der Waals surface area (Å²) < 4.78 is 19.9. The van der Waals surface area contributed by atoms with Crippen LogP contribution in [0.4, 0.5) is 10.1 Å². The fourth-order valence-corrected chi connectivity index (χ4v) is 3.69. The Balaban J connectivity index is 1.74. The van der Waals surface area contributed by atoms with Crippen LogP contribution in [0.2, 0.25) is 0 Å². The summed E-state index contributed by atoms with van der Waals surface area (Å²) in [6.07, 6.45) is 0. The number of rotatable bonds is 6. The number of nitrogens with two attached hydrogens (primary N) is 1. The number of esters is 1. The molecule has 0 radical (unpaired) electrons. The van der Waals surface area contributed by atoms with Crippen LogP contribution in [0.3, 0.4) is 0 Å². The second-order valence-corrected chi connectivity index (χ2v) is 7.30. The molecule has 0 spiro atoms. The number of hydrogen-bond donors (Lipinski definition) is 1. The van der Waals surface area contributed by atoms with Crippen molar-refractivity contribution >= 4 is 17.6 Å². The SMILES string of the molecule is C=C(C)N=C(ON)c1ccc(N2CCN(C(C(=O)OC)c3ccccc3)CC2)c(F)c1. The molecule has 2 aromatic carbocycles. The van der Waals surface area contributed by atoms with Crippen LogP contribution >= 0.6 is 0 Å². The van der Waals surface area contributed by atoms with Gasteiger partial charge in [0, 0.05) is 37.4 Å². The molecule has 1 aliphatic heterocycles. The van der Waals surface area contributed by atoms with Crippen molar-refractivity contribution in [3.05, 3.63) is 77.8 Å². The van der Waals surface area contributed by atoms with E-state index in [-0.39, 0.29) is 11.9 Å². The van der Waals surface area contributed by atoms with E-state index in [1.165, 1.54) is 13.2 Å². The number of carbonyl (C=O) groups is 1. The third kappa shape index (κ3) is 5.28. The fraction of sp³-hybridized carbons (Fsp3) is 0.304. The number of ether oxygens (including phenoxy) is 1. The molecular weight excluding hydrogens is 399 g/mol. The van der Waals surface area contributed by atoms with Gasteiger partial charge in [0.2, 0.25) is 5.90 Å². The van der Waals surface area contributed by atoms with E-state index in [2.05, 4.69) is 16.5 Å². The van der Waals surface area contributed by atoms with Crippen LogP contribution in [0.1, 0.15) is 24.1 Å². The molecule has 2 aromatic rings. The molecule has 1 saturated heterocycles. The molecule has 164 valence electrons. The number of halogens is 1. The van der Waals surface area contributed by atoms with Crippen molar-refractivity contribution in [1.82, 2.24) is 4.90 Å². The topological polar surface area (TPSA) is 80.4 Å². The Bertz CT molecular complexity index is 957. The third-order valence-electron chi connectivity index (χ3n) is 5.16. The summed E-state index contributed by atoms with van der Waals surface area (Å²) in [6, 6.07) is 13.8. The fourth-order valence-electron chi connectivity index (χ4n) is 3.69. The molecule has 0 saturated carbocycles. The lowest BCUT2D eigenvalue weighted by Gasteiger charge is -2.39. The predicted molar refractivity (Wildman–Crippen MR) is 118 cm³/mol. The number of allylic oxidation sites excluding steroid dienone is 1. The molecule has 2 N–H and O–H groups in total.